The molecule has 1 aromatic rings. The van der Waals surface area contributed by atoms with Crippen molar-refractivity contribution in [3.63, 3.8) is 0 Å². The van der Waals surface area contributed by atoms with Crippen LogP contribution in [0.25, 0.3) is 0 Å². The maximum absolute atomic E-state index is 12.0. The maximum Gasteiger partial charge on any atom is 0.169 e. The minimum atomic E-state index is 0.0909. The number of thiophene rings is 1. The SMILES string of the molecule is CC(=O)c1cc2c(s1)C1(CCCCC1)CCC2=O. The molecule has 2 nitrogen and oxygen atoms in total. The number of Topliss-reactive ketones (excluding diaryl/α,β-unsaturated/α-hetero) is 2. The molecular weight excluding hydrogens is 244 g/mol. The van der Waals surface area contributed by atoms with Crippen molar-refractivity contribution in [3.8, 4) is 0 Å². The van der Waals surface area contributed by atoms with E-state index in [4.69, 9.17) is 0 Å². The van der Waals surface area contributed by atoms with Crippen molar-refractivity contribution in [1.29, 1.82) is 0 Å². The van der Waals surface area contributed by atoms with Gasteiger partial charge in [0.1, 0.15) is 0 Å². The lowest BCUT2D eigenvalue weighted by molar-refractivity contribution is 0.0941. The van der Waals surface area contributed by atoms with Gasteiger partial charge in [-0.1, -0.05) is 19.3 Å². The van der Waals surface area contributed by atoms with E-state index in [1.807, 2.05) is 6.07 Å². The molecule has 0 N–H and O–H groups in total. The molecule has 3 heteroatoms. The number of carbonyl (C=O) groups excluding carboxylic acids is 2. The standard InChI is InChI=1S/C15H18O2S/c1-10(16)13-9-11-12(17)5-8-15(14(11)18-13)6-3-2-4-7-15/h9H,2-8H2,1H3. The van der Waals surface area contributed by atoms with Crippen LogP contribution in [0, 0.1) is 0 Å². The van der Waals surface area contributed by atoms with E-state index in [1.165, 1.54) is 37.0 Å². The Morgan fingerprint density at radius 1 is 1.22 bits per heavy atom. The van der Waals surface area contributed by atoms with Crippen LogP contribution in [0.1, 0.15) is 76.8 Å². The molecule has 1 fully saturated rings. The summed E-state index contributed by atoms with van der Waals surface area (Å²) in [7, 11) is 0. The molecule has 0 unspecified atom stereocenters. The van der Waals surface area contributed by atoms with E-state index in [0.29, 0.717) is 6.42 Å². The van der Waals surface area contributed by atoms with Crippen LogP contribution >= 0.6 is 11.3 Å². The normalized spacial score (nSPS) is 21.9. The van der Waals surface area contributed by atoms with Crippen molar-refractivity contribution in [2.24, 2.45) is 0 Å². The summed E-state index contributed by atoms with van der Waals surface area (Å²) in [5.41, 5.74) is 1.08. The van der Waals surface area contributed by atoms with Crippen molar-refractivity contribution in [2.75, 3.05) is 0 Å². The fourth-order valence-electron chi connectivity index (χ4n) is 3.47. The van der Waals surface area contributed by atoms with E-state index in [0.717, 1.165) is 16.9 Å². The molecule has 1 aromatic heterocycles. The van der Waals surface area contributed by atoms with Crippen molar-refractivity contribution in [2.45, 2.75) is 57.3 Å². The highest BCUT2D eigenvalue weighted by Crippen LogP contribution is 2.50. The van der Waals surface area contributed by atoms with Crippen LogP contribution in [-0.4, -0.2) is 11.6 Å². The van der Waals surface area contributed by atoms with Crippen LogP contribution in [0.4, 0.5) is 0 Å². The summed E-state index contributed by atoms with van der Waals surface area (Å²) in [5, 5.41) is 0. The fourth-order valence-corrected chi connectivity index (χ4v) is 4.82. The van der Waals surface area contributed by atoms with Gasteiger partial charge >= 0.3 is 0 Å². The van der Waals surface area contributed by atoms with Crippen LogP contribution in [0.5, 0.6) is 0 Å². The largest absolute Gasteiger partial charge is 0.294 e. The van der Waals surface area contributed by atoms with Crippen LogP contribution in [0.3, 0.4) is 0 Å². The second kappa shape index (κ2) is 4.30. The molecule has 0 saturated heterocycles. The van der Waals surface area contributed by atoms with Crippen molar-refractivity contribution in [3.05, 3.63) is 21.4 Å². The van der Waals surface area contributed by atoms with E-state index in [1.54, 1.807) is 18.3 Å². The minimum absolute atomic E-state index is 0.0909. The summed E-state index contributed by atoms with van der Waals surface area (Å²) in [4.78, 5) is 25.6. The van der Waals surface area contributed by atoms with E-state index in [-0.39, 0.29) is 17.0 Å². The predicted molar refractivity (Wildman–Crippen MR) is 72.7 cm³/mol. The smallest absolute Gasteiger partial charge is 0.169 e. The van der Waals surface area contributed by atoms with Gasteiger partial charge in [0.15, 0.2) is 11.6 Å². The van der Waals surface area contributed by atoms with E-state index in [2.05, 4.69) is 0 Å². The lowest BCUT2D eigenvalue weighted by Gasteiger charge is -2.39. The lowest BCUT2D eigenvalue weighted by atomic mass is 9.66. The molecule has 1 heterocycles. The number of fused-ring (bicyclic) bond motifs is 2. The molecule has 0 amide bonds. The van der Waals surface area contributed by atoms with Gasteiger partial charge in [0.2, 0.25) is 0 Å². The highest BCUT2D eigenvalue weighted by Gasteiger charge is 2.42. The topological polar surface area (TPSA) is 34.1 Å². The van der Waals surface area contributed by atoms with Gasteiger partial charge in [-0.15, -0.1) is 11.3 Å². The molecule has 3 rings (SSSR count). The Balaban J connectivity index is 2.10. The second-order valence-electron chi connectivity index (χ2n) is 5.67. The Labute approximate surface area is 111 Å². The summed E-state index contributed by atoms with van der Waals surface area (Å²) in [6, 6.07) is 1.85. The zero-order valence-electron chi connectivity index (χ0n) is 10.8. The van der Waals surface area contributed by atoms with Crippen LogP contribution < -0.4 is 0 Å². The molecule has 96 valence electrons. The Morgan fingerprint density at radius 3 is 2.61 bits per heavy atom. The third-order valence-electron chi connectivity index (χ3n) is 4.50. The minimum Gasteiger partial charge on any atom is -0.294 e. The van der Waals surface area contributed by atoms with E-state index < -0.39 is 0 Å². The number of hydrogen-bond acceptors (Lipinski definition) is 3. The molecule has 18 heavy (non-hydrogen) atoms. The molecule has 2 aliphatic rings. The van der Waals surface area contributed by atoms with Gasteiger partial charge in [-0.25, -0.2) is 0 Å². The highest BCUT2D eigenvalue weighted by atomic mass is 32.1. The zero-order valence-corrected chi connectivity index (χ0v) is 11.6. The Morgan fingerprint density at radius 2 is 1.94 bits per heavy atom. The summed E-state index contributed by atoms with van der Waals surface area (Å²) >= 11 is 1.58. The first kappa shape index (κ1) is 12.1. The first-order chi connectivity index (χ1) is 8.62. The quantitative estimate of drug-likeness (QED) is 0.713. The van der Waals surface area contributed by atoms with Gasteiger partial charge in [-0.05, 0) is 32.3 Å². The number of rotatable bonds is 1. The molecule has 2 aliphatic carbocycles. The second-order valence-corrected chi connectivity index (χ2v) is 6.73. The van der Waals surface area contributed by atoms with Gasteiger partial charge in [-0.3, -0.25) is 9.59 Å². The average Bonchev–Trinajstić information content (AvgIpc) is 2.82. The van der Waals surface area contributed by atoms with Gasteiger partial charge in [0, 0.05) is 22.3 Å². The van der Waals surface area contributed by atoms with Crippen LogP contribution in [0.2, 0.25) is 0 Å². The van der Waals surface area contributed by atoms with Crippen LogP contribution in [-0.2, 0) is 5.41 Å². The number of ketones is 2. The Bertz CT molecular complexity index is 507. The molecule has 0 atom stereocenters. The molecule has 0 aromatic carbocycles. The van der Waals surface area contributed by atoms with Crippen molar-refractivity contribution >= 4 is 22.9 Å². The monoisotopic (exact) mass is 262 g/mol. The summed E-state index contributed by atoms with van der Waals surface area (Å²) in [6.45, 7) is 1.59. The van der Waals surface area contributed by atoms with Gasteiger partial charge in [0.05, 0.1) is 4.88 Å². The Kier molecular flexibility index (Phi) is 2.89. The first-order valence-corrected chi connectivity index (χ1v) is 7.62. The van der Waals surface area contributed by atoms with Gasteiger partial charge in [-0.2, -0.15) is 0 Å². The molecule has 0 radical (unpaired) electrons. The molecule has 0 bridgehead atoms. The lowest BCUT2D eigenvalue weighted by Crippen LogP contribution is -2.33. The van der Waals surface area contributed by atoms with E-state index in [9.17, 15) is 9.59 Å². The van der Waals surface area contributed by atoms with Crippen LogP contribution in [0.15, 0.2) is 6.07 Å². The average molecular weight is 262 g/mol. The zero-order chi connectivity index (χ0) is 12.8. The fraction of sp³-hybridized carbons (Fsp3) is 0.600. The van der Waals surface area contributed by atoms with E-state index >= 15 is 0 Å². The third-order valence-corrected chi connectivity index (χ3v) is 5.98. The Hall–Kier alpha value is -0.960. The number of hydrogen-bond donors (Lipinski definition) is 0. The summed E-state index contributed by atoms with van der Waals surface area (Å²) in [6.07, 6.45) is 7.91. The predicted octanol–water partition coefficient (Wildman–Crippen LogP) is 4.13. The first-order valence-electron chi connectivity index (χ1n) is 6.81. The van der Waals surface area contributed by atoms with Gasteiger partial charge in [0.25, 0.3) is 0 Å². The molecule has 1 spiro atoms. The highest BCUT2D eigenvalue weighted by molar-refractivity contribution is 7.14. The van der Waals surface area contributed by atoms with Gasteiger partial charge < -0.3 is 0 Å². The van der Waals surface area contributed by atoms with Crippen molar-refractivity contribution < 1.29 is 9.59 Å². The maximum atomic E-state index is 12.0. The molecular formula is C15H18O2S. The summed E-state index contributed by atoms with van der Waals surface area (Å²) < 4.78 is 0. The summed E-state index contributed by atoms with van der Waals surface area (Å²) in [5.74, 6) is 0.332. The molecule has 1 saturated carbocycles. The third kappa shape index (κ3) is 1.76. The van der Waals surface area contributed by atoms with Crippen molar-refractivity contribution in [1.82, 2.24) is 0 Å². The number of carbonyl (C=O) groups is 2. The molecule has 0 aliphatic heterocycles.